The molecule has 0 aromatic carbocycles. The molecule has 8 nitrogen and oxygen atoms in total. The fourth-order valence-corrected chi connectivity index (χ4v) is 1.08. The molecule has 112 valence electrons. The maximum Gasteiger partial charge on any atom is 0.414 e. The molecule has 1 saturated heterocycles. The van der Waals surface area contributed by atoms with Crippen LogP contribution in [0.25, 0.3) is 0 Å². The maximum absolute atomic E-state index is 11.4. The van der Waals surface area contributed by atoms with Crippen molar-refractivity contribution in [1.82, 2.24) is 9.80 Å². The minimum absolute atomic E-state index is 0.0316. The van der Waals surface area contributed by atoms with Crippen molar-refractivity contribution in [2.24, 2.45) is 0 Å². The molecular formula is C12H18N2O6. The highest BCUT2D eigenvalue weighted by molar-refractivity contribution is 6.27. The van der Waals surface area contributed by atoms with Crippen LogP contribution < -0.4 is 0 Å². The van der Waals surface area contributed by atoms with Gasteiger partial charge in [-0.3, -0.25) is 9.69 Å². The third-order valence-corrected chi connectivity index (χ3v) is 2.11. The summed E-state index contributed by atoms with van der Waals surface area (Å²) in [6.07, 6.45) is -0.300. The number of aliphatic carboxylic acids is 2. The summed E-state index contributed by atoms with van der Waals surface area (Å²) in [5.74, 6) is 2.30. The van der Waals surface area contributed by atoms with Crippen molar-refractivity contribution in [2.45, 2.75) is 13.0 Å². The average Bonchev–Trinajstić information content (AvgIpc) is 2.66. The van der Waals surface area contributed by atoms with Gasteiger partial charge in [0.2, 0.25) is 0 Å². The largest absolute Gasteiger partial charge is 0.473 e. The van der Waals surface area contributed by atoms with Gasteiger partial charge < -0.3 is 19.8 Å². The third kappa shape index (κ3) is 7.35. The monoisotopic (exact) mass is 286 g/mol. The smallest absolute Gasteiger partial charge is 0.414 e. The molecule has 2 N–H and O–H groups in total. The molecule has 0 aliphatic carbocycles. The Bertz CT molecular complexity index is 411. The van der Waals surface area contributed by atoms with Crippen molar-refractivity contribution in [2.75, 3.05) is 33.9 Å². The van der Waals surface area contributed by atoms with Crippen LogP contribution in [0.5, 0.6) is 0 Å². The Labute approximate surface area is 116 Å². The first-order chi connectivity index (χ1) is 9.25. The minimum Gasteiger partial charge on any atom is -0.473 e. The van der Waals surface area contributed by atoms with Gasteiger partial charge in [0.25, 0.3) is 5.91 Å². The molecule has 1 aliphatic heterocycles. The van der Waals surface area contributed by atoms with Gasteiger partial charge in [-0.05, 0) is 21.0 Å². The second-order valence-corrected chi connectivity index (χ2v) is 4.18. The second kappa shape index (κ2) is 8.90. The number of ether oxygens (including phenoxy) is 1. The van der Waals surface area contributed by atoms with Crippen LogP contribution in [0.3, 0.4) is 0 Å². The average molecular weight is 286 g/mol. The number of hydrogen-bond donors (Lipinski definition) is 2. The van der Waals surface area contributed by atoms with Gasteiger partial charge in [-0.1, -0.05) is 11.8 Å². The van der Waals surface area contributed by atoms with E-state index in [1.165, 1.54) is 0 Å². The van der Waals surface area contributed by atoms with E-state index in [9.17, 15) is 4.79 Å². The Morgan fingerprint density at radius 2 is 1.90 bits per heavy atom. The number of carbonyl (C=O) groups excluding carboxylic acids is 1. The van der Waals surface area contributed by atoms with Crippen LogP contribution in [-0.2, 0) is 19.1 Å². The molecule has 1 amide bonds. The summed E-state index contributed by atoms with van der Waals surface area (Å²) in [4.78, 5) is 33.2. The van der Waals surface area contributed by atoms with Crippen molar-refractivity contribution >= 4 is 17.8 Å². The first-order valence-corrected chi connectivity index (χ1v) is 5.72. The molecule has 1 rings (SSSR count). The lowest BCUT2D eigenvalue weighted by Gasteiger charge is -2.08. The predicted octanol–water partition coefficient (Wildman–Crippen LogP) is -1.09. The Hall–Kier alpha value is -2.11. The summed E-state index contributed by atoms with van der Waals surface area (Å²) >= 11 is 0. The van der Waals surface area contributed by atoms with Gasteiger partial charge in [0.15, 0.2) is 0 Å². The lowest BCUT2D eigenvalue weighted by molar-refractivity contribution is -0.159. The number of carbonyl (C=O) groups is 3. The van der Waals surface area contributed by atoms with E-state index in [-0.39, 0.29) is 12.0 Å². The van der Waals surface area contributed by atoms with E-state index in [1.807, 2.05) is 19.0 Å². The first kappa shape index (κ1) is 17.9. The van der Waals surface area contributed by atoms with Crippen LogP contribution >= 0.6 is 0 Å². The molecule has 0 bridgehead atoms. The minimum atomic E-state index is -1.82. The van der Waals surface area contributed by atoms with Gasteiger partial charge in [0.05, 0.1) is 13.1 Å². The lowest BCUT2D eigenvalue weighted by Crippen LogP contribution is -2.28. The van der Waals surface area contributed by atoms with Crippen LogP contribution in [0.2, 0.25) is 0 Å². The summed E-state index contributed by atoms with van der Waals surface area (Å²) < 4.78 is 5.15. The first-order valence-electron chi connectivity index (χ1n) is 5.72. The van der Waals surface area contributed by atoms with Crippen molar-refractivity contribution in [1.29, 1.82) is 0 Å². The number of carboxylic acid groups (broad SMARTS) is 2. The molecule has 0 aromatic heterocycles. The zero-order chi connectivity index (χ0) is 15.7. The van der Waals surface area contributed by atoms with Crippen molar-refractivity contribution in [3.63, 3.8) is 0 Å². The predicted molar refractivity (Wildman–Crippen MR) is 68.7 cm³/mol. The van der Waals surface area contributed by atoms with Gasteiger partial charge in [0.1, 0.15) is 12.8 Å². The fourth-order valence-electron chi connectivity index (χ4n) is 1.08. The quantitative estimate of drug-likeness (QED) is 0.490. The van der Waals surface area contributed by atoms with E-state index >= 15 is 0 Å². The van der Waals surface area contributed by atoms with Crippen LogP contribution in [0.15, 0.2) is 0 Å². The van der Waals surface area contributed by atoms with E-state index < -0.39 is 11.9 Å². The van der Waals surface area contributed by atoms with Crippen molar-refractivity contribution in [3.8, 4) is 11.8 Å². The molecule has 20 heavy (non-hydrogen) atoms. The highest BCUT2D eigenvalue weighted by Crippen LogP contribution is 2.07. The van der Waals surface area contributed by atoms with Crippen LogP contribution in [0.4, 0.5) is 0 Å². The molecule has 1 aliphatic rings. The number of amides is 1. The van der Waals surface area contributed by atoms with Gasteiger partial charge in [-0.25, -0.2) is 9.59 Å². The number of carboxylic acids is 2. The summed E-state index contributed by atoms with van der Waals surface area (Å²) in [7, 11) is 3.92. The molecular weight excluding hydrogens is 268 g/mol. The zero-order valence-electron chi connectivity index (χ0n) is 11.6. The number of nitrogens with zero attached hydrogens (tertiary/aromatic N) is 2. The Morgan fingerprint density at radius 1 is 1.35 bits per heavy atom. The summed E-state index contributed by atoms with van der Waals surface area (Å²) in [5.41, 5.74) is 0. The normalized spacial score (nSPS) is 17.1. The molecule has 1 heterocycles. The molecule has 0 unspecified atom stereocenters. The second-order valence-electron chi connectivity index (χ2n) is 4.18. The van der Waals surface area contributed by atoms with Crippen molar-refractivity contribution < 1.29 is 29.3 Å². The lowest BCUT2D eigenvalue weighted by atomic mass is 10.4. The molecule has 1 fully saturated rings. The Morgan fingerprint density at radius 3 is 2.25 bits per heavy atom. The molecule has 8 heteroatoms. The van der Waals surface area contributed by atoms with E-state index in [1.54, 1.807) is 11.8 Å². The van der Waals surface area contributed by atoms with Gasteiger partial charge in [-0.15, -0.1) is 0 Å². The van der Waals surface area contributed by atoms with E-state index in [4.69, 9.17) is 24.5 Å². The maximum atomic E-state index is 11.4. The van der Waals surface area contributed by atoms with E-state index in [0.717, 1.165) is 6.54 Å². The molecule has 1 atom stereocenters. The molecule has 0 saturated carbocycles. The fraction of sp³-hybridized carbons (Fsp3) is 0.583. The number of rotatable bonds is 2. The van der Waals surface area contributed by atoms with E-state index in [2.05, 4.69) is 11.8 Å². The van der Waals surface area contributed by atoms with Crippen molar-refractivity contribution in [3.05, 3.63) is 0 Å². The summed E-state index contributed by atoms with van der Waals surface area (Å²) in [5, 5.41) is 14.8. The highest BCUT2D eigenvalue weighted by atomic mass is 16.5. The van der Waals surface area contributed by atoms with Gasteiger partial charge in [-0.2, -0.15) is 0 Å². The zero-order valence-corrected chi connectivity index (χ0v) is 11.6. The molecule has 0 spiro atoms. The Balaban J connectivity index is 0.000000511. The standard InChI is InChI=1S/C10H16N2O2.C2H2O4/c1-9-10(13)12(8-14-9)7-5-4-6-11(2)3;3-1(4)2(5)6/h9H,6-8H2,1-3H3;(H,3,4)(H,5,6)/t9-;/m0./s1. The summed E-state index contributed by atoms with van der Waals surface area (Å²) in [6.45, 7) is 3.32. The Kier molecular flexibility index (Phi) is 7.96. The topological polar surface area (TPSA) is 107 Å². The molecule has 0 radical (unpaired) electrons. The molecule has 0 aromatic rings. The van der Waals surface area contributed by atoms with Crippen LogP contribution in [0, 0.1) is 11.8 Å². The van der Waals surface area contributed by atoms with Crippen LogP contribution in [-0.4, -0.2) is 77.9 Å². The summed E-state index contributed by atoms with van der Waals surface area (Å²) in [6, 6.07) is 0. The highest BCUT2D eigenvalue weighted by Gasteiger charge is 2.27. The van der Waals surface area contributed by atoms with E-state index in [0.29, 0.717) is 13.3 Å². The third-order valence-electron chi connectivity index (χ3n) is 2.11. The van der Waals surface area contributed by atoms with Crippen LogP contribution in [0.1, 0.15) is 6.92 Å². The number of hydrogen-bond acceptors (Lipinski definition) is 5. The van der Waals surface area contributed by atoms with Gasteiger partial charge >= 0.3 is 11.9 Å². The van der Waals surface area contributed by atoms with Gasteiger partial charge in [0, 0.05) is 0 Å². The SMILES string of the molecule is C[C@@H]1OCN(CC#CCN(C)C)C1=O.O=C(O)C(=O)O.